The zero-order valence-corrected chi connectivity index (χ0v) is 13.6. The lowest BCUT2D eigenvalue weighted by atomic mass is 9.94. The molecule has 1 aliphatic rings. The quantitative estimate of drug-likeness (QED) is 0.867. The van der Waals surface area contributed by atoms with Crippen LogP contribution in [0.2, 0.25) is 0 Å². The van der Waals surface area contributed by atoms with Gasteiger partial charge in [0.15, 0.2) is 11.6 Å². The van der Waals surface area contributed by atoms with Gasteiger partial charge in [-0.15, -0.1) is 0 Å². The summed E-state index contributed by atoms with van der Waals surface area (Å²) in [5.41, 5.74) is 2.20. The highest BCUT2D eigenvalue weighted by molar-refractivity contribution is 5.30. The molecular weight excluding hydrogens is 293 g/mol. The minimum atomic E-state index is -0.316. The van der Waals surface area contributed by atoms with Gasteiger partial charge in [-0.25, -0.2) is 14.4 Å². The second-order valence-corrected chi connectivity index (χ2v) is 6.07. The molecule has 1 saturated heterocycles. The summed E-state index contributed by atoms with van der Waals surface area (Å²) in [5, 5.41) is 0. The van der Waals surface area contributed by atoms with Gasteiger partial charge in [-0.2, -0.15) is 0 Å². The summed E-state index contributed by atoms with van der Waals surface area (Å²) < 4.78 is 18.6. The molecule has 2 aromatic rings. The highest BCUT2D eigenvalue weighted by Gasteiger charge is 2.22. The summed E-state index contributed by atoms with van der Waals surface area (Å²) in [7, 11) is 1.50. The van der Waals surface area contributed by atoms with E-state index in [4.69, 9.17) is 4.74 Å². The molecule has 1 fully saturated rings. The SMILES string of the molecule is COc1cc(CN2CCCC(c3ccnc(C)n3)C2)ccc1F. The normalized spacial score (nSPS) is 18.8. The van der Waals surface area contributed by atoms with Crippen LogP contribution in [0.4, 0.5) is 4.39 Å². The number of aryl methyl sites for hydroxylation is 1. The van der Waals surface area contributed by atoms with E-state index in [1.807, 2.05) is 25.3 Å². The minimum absolute atomic E-state index is 0.308. The van der Waals surface area contributed by atoms with E-state index in [-0.39, 0.29) is 5.82 Å². The third kappa shape index (κ3) is 3.85. The molecule has 0 amide bonds. The van der Waals surface area contributed by atoms with E-state index in [2.05, 4.69) is 14.9 Å². The Morgan fingerprint density at radius 1 is 1.35 bits per heavy atom. The van der Waals surface area contributed by atoms with Crippen molar-refractivity contribution in [2.45, 2.75) is 32.2 Å². The molecule has 1 unspecified atom stereocenters. The molecule has 0 saturated carbocycles. The number of benzene rings is 1. The van der Waals surface area contributed by atoms with Gasteiger partial charge in [0.1, 0.15) is 5.82 Å². The number of likely N-dealkylation sites (tertiary alicyclic amines) is 1. The molecule has 1 aliphatic heterocycles. The Morgan fingerprint density at radius 2 is 2.22 bits per heavy atom. The number of methoxy groups -OCH3 is 1. The molecule has 1 aromatic heterocycles. The Morgan fingerprint density at radius 3 is 3.00 bits per heavy atom. The number of rotatable bonds is 4. The van der Waals surface area contributed by atoms with Crippen LogP contribution >= 0.6 is 0 Å². The van der Waals surface area contributed by atoms with Gasteiger partial charge >= 0.3 is 0 Å². The molecule has 2 heterocycles. The second-order valence-electron chi connectivity index (χ2n) is 6.07. The lowest BCUT2D eigenvalue weighted by Crippen LogP contribution is -2.34. The average molecular weight is 315 g/mol. The third-order valence-corrected chi connectivity index (χ3v) is 4.34. The predicted octanol–water partition coefficient (Wildman–Crippen LogP) is 3.31. The molecule has 3 rings (SSSR count). The first-order valence-corrected chi connectivity index (χ1v) is 8.00. The van der Waals surface area contributed by atoms with Crippen LogP contribution in [0.25, 0.3) is 0 Å². The molecule has 1 atom stereocenters. The molecule has 0 spiro atoms. The molecule has 0 radical (unpaired) electrons. The van der Waals surface area contributed by atoms with Crippen molar-refractivity contribution >= 4 is 0 Å². The fourth-order valence-electron chi connectivity index (χ4n) is 3.20. The van der Waals surface area contributed by atoms with Crippen LogP contribution in [-0.2, 0) is 6.54 Å². The van der Waals surface area contributed by atoms with Crippen LogP contribution in [-0.4, -0.2) is 35.1 Å². The smallest absolute Gasteiger partial charge is 0.165 e. The zero-order valence-electron chi connectivity index (χ0n) is 13.6. The van der Waals surface area contributed by atoms with Crippen molar-refractivity contribution in [3.05, 3.63) is 53.4 Å². The number of hydrogen-bond acceptors (Lipinski definition) is 4. The molecule has 5 heteroatoms. The van der Waals surface area contributed by atoms with Gasteiger partial charge < -0.3 is 4.74 Å². The minimum Gasteiger partial charge on any atom is -0.494 e. The van der Waals surface area contributed by atoms with Gasteiger partial charge in [-0.3, -0.25) is 4.90 Å². The van der Waals surface area contributed by atoms with Crippen molar-refractivity contribution in [1.29, 1.82) is 0 Å². The molecule has 0 bridgehead atoms. The lowest BCUT2D eigenvalue weighted by molar-refractivity contribution is 0.198. The zero-order chi connectivity index (χ0) is 16.2. The van der Waals surface area contributed by atoms with E-state index < -0.39 is 0 Å². The van der Waals surface area contributed by atoms with Crippen molar-refractivity contribution in [3.8, 4) is 5.75 Å². The van der Waals surface area contributed by atoms with E-state index >= 15 is 0 Å². The van der Waals surface area contributed by atoms with E-state index in [1.165, 1.54) is 13.2 Å². The van der Waals surface area contributed by atoms with Crippen LogP contribution in [0.1, 0.15) is 35.8 Å². The standard InChI is InChI=1S/C18H22FN3O/c1-13-20-8-7-17(21-13)15-4-3-9-22(12-15)11-14-5-6-16(19)18(10-14)23-2/h5-8,10,15H,3-4,9,11-12H2,1-2H3. The van der Waals surface area contributed by atoms with Crippen molar-refractivity contribution in [1.82, 2.24) is 14.9 Å². The third-order valence-electron chi connectivity index (χ3n) is 4.34. The molecule has 0 N–H and O–H groups in total. The first-order valence-electron chi connectivity index (χ1n) is 8.00. The number of hydrogen-bond donors (Lipinski definition) is 0. The van der Waals surface area contributed by atoms with Crippen molar-refractivity contribution in [3.63, 3.8) is 0 Å². The molecular formula is C18H22FN3O. The topological polar surface area (TPSA) is 38.2 Å². The Kier molecular flexibility index (Phi) is 4.86. The summed E-state index contributed by atoms with van der Waals surface area (Å²) in [6, 6.07) is 7.11. The Hall–Kier alpha value is -2.01. The van der Waals surface area contributed by atoms with Crippen molar-refractivity contribution in [2.75, 3.05) is 20.2 Å². The number of aromatic nitrogens is 2. The number of ether oxygens (including phenoxy) is 1. The summed E-state index contributed by atoms with van der Waals surface area (Å²) in [6.07, 6.45) is 4.13. The number of nitrogens with zero attached hydrogens (tertiary/aromatic N) is 3. The van der Waals surface area contributed by atoms with Gasteiger partial charge in [0.25, 0.3) is 0 Å². The maximum absolute atomic E-state index is 13.5. The first kappa shape index (κ1) is 15.9. The second kappa shape index (κ2) is 7.04. The van der Waals surface area contributed by atoms with Crippen molar-refractivity contribution in [2.24, 2.45) is 0 Å². The van der Waals surface area contributed by atoms with E-state index in [0.29, 0.717) is 11.7 Å². The van der Waals surface area contributed by atoms with E-state index in [9.17, 15) is 4.39 Å². The summed E-state index contributed by atoms with van der Waals surface area (Å²) in [5.74, 6) is 1.25. The number of piperidine rings is 1. The summed E-state index contributed by atoms with van der Waals surface area (Å²) in [4.78, 5) is 11.1. The van der Waals surface area contributed by atoms with E-state index in [0.717, 1.165) is 49.6 Å². The Labute approximate surface area is 136 Å². The van der Waals surface area contributed by atoms with E-state index in [1.54, 1.807) is 6.07 Å². The van der Waals surface area contributed by atoms with Crippen LogP contribution in [0.3, 0.4) is 0 Å². The monoisotopic (exact) mass is 315 g/mol. The molecule has 4 nitrogen and oxygen atoms in total. The molecule has 23 heavy (non-hydrogen) atoms. The molecule has 0 aliphatic carbocycles. The predicted molar refractivity (Wildman–Crippen MR) is 87.0 cm³/mol. The summed E-state index contributed by atoms with van der Waals surface area (Å²) in [6.45, 7) is 4.75. The maximum Gasteiger partial charge on any atom is 0.165 e. The Bertz CT molecular complexity index is 677. The largest absolute Gasteiger partial charge is 0.494 e. The van der Waals surface area contributed by atoms with Gasteiger partial charge in [-0.05, 0) is 50.1 Å². The number of halogens is 1. The van der Waals surface area contributed by atoms with Crippen molar-refractivity contribution < 1.29 is 9.13 Å². The molecule has 122 valence electrons. The van der Waals surface area contributed by atoms with Gasteiger partial charge in [-0.1, -0.05) is 6.07 Å². The van der Waals surface area contributed by atoms with Crippen LogP contribution in [0.15, 0.2) is 30.5 Å². The van der Waals surface area contributed by atoms with Gasteiger partial charge in [0, 0.05) is 30.9 Å². The maximum atomic E-state index is 13.5. The molecule has 1 aromatic carbocycles. The summed E-state index contributed by atoms with van der Waals surface area (Å²) >= 11 is 0. The Balaban J connectivity index is 1.69. The average Bonchev–Trinajstić information content (AvgIpc) is 2.57. The fraction of sp³-hybridized carbons (Fsp3) is 0.444. The van der Waals surface area contributed by atoms with Gasteiger partial charge in [0.05, 0.1) is 7.11 Å². The van der Waals surface area contributed by atoms with Gasteiger partial charge in [0.2, 0.25) is 0 Å². The highest BCUT2D eigenvalue weighted by Crippen LogP contribution is 2.27. The van der Waals surface area contributed by atoms with Crippen LogP contribution < -0.4 is 4.74 Å². The van der Waals surface area contributed by atoms with Crippen LogP contribution in [0, 0.1) is 12.7 Å². The highest BCUT2D eigenvalue weighted by atomic mass is 19.1. The first-order chi connectivity index (χ1) is 11.2. The van der Waals surface area contributed by atoms with Crippen LogP contribution in [0.5, 0.6) is 5.75 Å². The fourth-order valence-corrected chi connectivity index (χ4v) is 3.20. The lowest BCUT2D eigenvalue weighted by Gasteiger charge is -2.32.